The fourth-order valence-electron chi connectivity index (χ4n) is 3.85. The Bertz CT molecular complexity index is 571. The van der Waals surface area contributed by atoms with Crippen molar-refractivity contribution in [3.8, 4) is 0 Å². The molecule has 0 spiro atoms. The number of anilines is 1. The molecule has 3 fully saturated rings. The highest BCUT2D eigenvalue weighted by Crippen LogP contribution is 2.45. The van der Waals surface area contributed by atoms with Crippen LogP contribution in [-0.4, -0.2) is 42.0 Å². The van der Waals surface area contributed by atoms with Gasteiger partial charge in [0.25, 0.3) is 5.69 Å². The molecule has 5 heteroatoms. The summed E-state index contributed by atoms with van der Waals surface area (Å²) in [6.45, 7) is 4.48. The van der Waals surface area contributed by atoms with Crippen molar-refractivity contribution >= 4 is 11.4 Å². The standard InChI is InChI=1S/C16H21N3O2/c20-19(21)16-6-5-13(10-15(16)12-3-4-12)18-9-8-17-7-1-2-14(17)11-18/h5-6,10,12,14H,1-4,7-9,11H2/t14-/m1/s1. The van der Waals surface area contributed by atoms with E-state index in [0.29, 0.717) is 17.6 Å². The highest BCUT2D eigenvalue weighted by atomic mass is 16.6. The average Bonchev–Trinajstić information content (AvgIpc) is 3.24. The van der Waals surface area contributed by atoms with Crippen molar-refractivity contribution in [2.75, 3.05) is 31.1 Å². The second kappa shape index (κ2) is 4.98. The molecule has 1 aromatic carbocycles. The largest absolute Gasteiger partial charge is 0.369 e. The Morgan fingerprint density at radius 2 is 2.00 bits per heavy atom. The predicted octanol–water partition coefficient (Wildman–Crippen LogP) is 2.76. The Hall–Kier alpha value is -1.62. The van der Waals surface area contributed by atoms with Gasteiger partial charge in [-0.05, 0) is 50.3 Å². The topological polar surface area (TPSA) is 49.6 Å². The van der Waals surface area contributed by atoms with Crippen molar-refractivity contribution in [3.63, 3.8) is 0 Å². The molecule has 4 rings (SSSR count). The van der Waals surface area contributed by atoms with Crippen LogP contribution in [0.3, 0.4) is 0 Å². The van der Waals surface area contributed by atoms with Crippen LogP contribution >= 0.6 is 0 Å². The zero-order valence-electron chi connectivity index (χ0n) is 12.2. The summed E-state index contributed by atoms with van der Waals surface area (Å²) < 4.78 is 0. The average molecular weight is 287 g/mol. The van der Waals surface area contributed by atoms with E-state index in [4.69, 9.17) is 0 Å². The maximum absolute atomic E-state index is 11.2. The monoisotopic (exact) mass is 287 g/mol. The van der Waals surface area contributed by atoms with Crippen molar-refractivity contribution < 1.29 is 4.92 Å². The van der Waals surface area contributed by atoms with E-state index in [0.717, 1.165) is 38.0 Å². The summed E-state index contributed by atoms with van der Waals surface area (Å²) in [6, 6.07) is 6.41. The van der Waals surface area contributed by atoms with Crippen LogP contribution in [0.2, 0.25) is 0 Å². The Kier molecular flexibility index (Phi) is 3.10. The third kappa shape index (κ3) is 2.39. The van der Waals surface area contributed by atoms with Crippen molar-refractivity contribution in [3.05, 3.63) is 33.9 Å². The smallest absolute Gasteiger partial charge is 0.273 e. The van der Waals surface area contributed by atoms with Crippen LogP contribution in [0, 0.1) is 10.1 Å². The minimum absolute atomic E-state index is 0.230. The fraction of sp³-hybridized carbons (Fsp3) is 0.625. The molecular formula is C16H21N3O2. The third-order valence-electron chi connectivity index (χ3n) is 5.18. The predicted molar refractivity (Wildman–Crippen MR) is 81.9 cm³/mol. The van der Waals surface area contributed by atoms with Gasteiger partial charge in [0.1, 0.15) is 0 Å². The minimum Gasteiger partial charge on any atom is -0.369 e. The molecule has 5 nitrogen and oxygen atoms in total. The van der Waals surface area contributed by atoms with E-state index < -0.39 is 0 Å². The molecule has 1 saturated carbocycles. The van der Waals surface area contributed by atoms with Gasteiger partial charge in [-0.3, -0.25) is 15.0 Å². The first-order chi connectivity index (χ1) is 10.2. The summed E-state index contributed by atoms with van der Waals surface area (Å²) in [5.74, 6) is 0.415. The van der Waals surface area contributed by atoms with Gasteiger partial charge in [-0.15, -0.1) is 0 Å². The zero-order valence-corrected chi connectivity index (χ0v) is 12.2. The molecule has 0 amide bonds. The SMILES string of the molecule is O=[N+]([O-])c1ccc(N2CCN3CCC[C@@H]3C2)cc1C1CC1. The van der Waals surface area contributed by atoms with Crippen molar-refractivity contribution in [1.29, 1.82) is 0 Å². The number of hydrogen-bond acceptors (Lipinski definition) is 4. The van der Waals surface area contributed by atoms with Crippen molar-refractivity contribution in [2.45, 2.75) is 37.6 Å². The van der Waals surface area contributed by atoms with Crippen molar-refractivity contribution in [1.82, 2.24) is 4.90 Å². The van der Waals surface area contributed by atoms with Crippen LogP contribution in [0.5, 0.6) is 0 Å². The Labute approximate surface area is 124 Å². The molecule has 112 valence electrons. The first kappa shape index (κ1) is 13.1. The molecular weight excluding hydrogens is 266 g/mol. The summed E-state index contributed by atoms with van der Waals surface area (Å²) >= 11 is 0. The summed E-state index contributed by atoms with van der Waals surface area (Å²) in [5, 5.41) is 11.2. The molecule has 2 aliphatic heterocycles. The maximum atomic E-state index is 11.2. The van der Waals surface area contributed by atoms with E-state index in [2.05, 4.69) is 15.9 Å². The molecule has 0 aromatic heterocycles. The highest BCUT2D eigenvalue weighted by Gasteiger charge is 2.33. The fourth-order valence-corrected chi connectivity index (χ4v) is 3.85. The van der Waals surface area contributed by atoms with Crippen LogP contribution < -0.4 is 4.90 Å². The van der Waals surface area contributed by atoms with Gasteiger partial charge in [-0.25, -0.2) is 0 Å². The molecule has 1 aliphatic carbocycles. The molecule has 0 unspecified atom stereocenters. The van der Waals surface area contributed by atoms with Crippen LogP contribution in [0.15, 0.2) is 18.2 Å². The van der Waals surface area contributed by atoms with Gasteiger partial charge >= 0.3 is 0 Å². The first-order valence-electron chi connectivity index (χ1n) is 8.00. The second-order valence-electron chi connectivity index (χ2n) is 6.55. The summed E-state index contributed by atoms with van der Waals surface area (Å²) in [7, 11) is 0. The molecule has 2 heterocycles. The lowest BCUT2D eigenvalue weighted by Crippen LogP contribution is -2.50. The van der Waals surface area contributed by atoms with Gasteiger partial charge in [-0.2, -0.15) is 0 Å². The number of hydrogen-bond donors (Lipinski definition) is 0. The highest BCUT2D eigenvalue weighted by molar-refractivity contribution is 5.58. The van der Waals surface area contributed by atoms with E-state index in [1.165, 1.54) is 25.1 Å². The molecule has 0 N–H and O–H groups in total. The zero-order chi connectivity index (χ0) is 14.4. The second-order valence-corrected chi connectivity index (χ2v) is 6.55. The first-order valence-corrected chi connectivity index (χ1v) is 8.00. The summed E-state index contributed by atoms with van der Waals surface area (Å²) in [5.41, 5.74) is 2.43. The third-order valence-corrected chi connectivity index (χ3v) is 5.18. The Morgan fingerprint density at radius 3 is 2.76 bits per heavy atom. The van der Waals surface area contributed by atoms with Crippen LogP contribution in [0.1, 0.15) is 37.2 Å². The molecule has 0 bridgehead atoms. The van der Waals surface area contributed by atoms with E-state index >= 15 is 0 Å². The van der Waals surface area contributed by atoms with E-state index in [9.17, 15) is 10.1 Å². The van der Waals surface area contributed by atoms with Gasteiger partial charge in [0.2, 0.25) is 0 Å². The Morgan fingerprint density at radius 1 is 1.14 bits per heavy atom. The number of nitro benzene ring substituents is 1. The number of fused-ring (bicyclic) bond motifs is 1. The lowest BCUT2D eigenvalue weighted by Gasteiger charge is -2.39. The van der Waals surface area contributed by atoms with Gasteiger partial charge in [0, 0.05) is 43.0 Å². The normalized spacial score (nSPS) is 25.9. The number of nitrogens with zero attached hydrogens (tertiary/aromatic N) is 3. The number of piperazine rings is 1. The van der Waals surface area contributed by atoms with E-state index in [1.54, 1.807) is 6.07 Å². The van der Waals surface area contributed by atoms with Crippen LogP contribution in [0.25, 0.3) is 0 Å². The maximum Gasteiger partial charge on any atom is 0.273 e. The molecule has 1 atom stereocenters. The van der Waals surface area contributed by atoms with Crippen LogP contribution in [-0.2, 0) is 0 Å². The summed E-state index contributed by atoms with van der Waals surface area (Å²) in [6.07, 6.45) is 4.80. The lowest BCUT2D eigenvalue weighted by molar-refractivity contribution is -0.385. The molecule has 2 saturated heterocycles. The molecule has 1 aromatic rings. The molecule has 3 aliphatic rings. The lowest BCUT2D eigenvalue weighted by atomic mass is 10.1. The Balaban J connectivity index is 1.60. The van der Waals surface area contributed by atoms with Gasteiger partial charge < -0.3 is 4.90 Å². The van der Waals surface area contributed by atoms with E-state index in [1.807, 2.05) is 6.07 Å². The number of benzene rings is 1. The van der Waals surface area contributed by atoms with Crippen LogP contribution in [0.4, 0.5) is 11.4 Å². The van der Waals surface area contributed by atoms with Crippen molar-refractivity contribution in [2.24, 2.45) is 0 Å². The molecule has 21 heavy (non-hydrogen) atoms. The number of nitro groups is 1. The van der Waals surface area contributed by atoms with Gasteiger partial charge in [0.05, 0.1) is 4.92 Å². The quantitative estimate of drug-likeness (QED) is 0.633. The van der Waals surface area contributed by atoms with Gasteiger partial charge in [-0.1, -0.05) is 0 Å². The summed E-state index contributed by atoms with van der Waals surface area (Å²) in [4.78, 5) is 16.0. The number of rotatable bonds is 3. The van der Waals surface area contributed by atoms with Gasteiger partial charge in [0.15, 0.2) is 0 Å². The van der Waals surface area contributed by atoms with E-state index in [-0.39, 0.29) is 4.92 Å². The minimum atomic E-state index is -0.230. The molecule has 0 radical (unpaired) electrons.